The van der Waals surface area contributed by atoms with Crippen LogP contribution in [0.4, 0.5) is 11.6 Å². The van der Waals surface area contributed by atoms with Crippen molar-refractivity contribution in [3.05, 3.63) is 36.2 Å². The fourth-order valence-electron chi connectivity index (χ4n) is 2.96. The van der Waals surface area contributed by atoms with Gasteiger partial charge in [-0.1, -0.05) is 18.2 Å². The average molecular weight is 301 g/mol. The molecule has 1 fully saturated rings. The lowest BCUT2D eigenvalue weighted by Crippen LogP contribution is -2.49. The summed E-state index contributed by atoms with van der Waals surface area (Å²) in [6.07, 6.45) is 0. The highest BCUT2D eigenvalue weighted by atomic mass is 15.3. The van der Waals surface area contributed by atoms with Crippen molar-refractivity contribution in [3.63, 3.8) is 0 Å². The number of H-pyrrole nitrogens is 1. The van der Waals surface area contributed by atoms with Crippen molar-refractivity contribution in [2.45, 2.75) is 6.04 Å². The molecule has 2 heterocycles. The summed E-state index contributed by atoms with van der Waals surface area (Å²) in [6.45, 7) is 4.81. The summed E-state index contributed by atoms with van der Waals surface area (Å²) in [6, 6.07) is 10.7. The first-order valence-electron chi connectivity index (χ1n) is 7.64. The molecule has 7 heteroatoms. The number of aromatic amines is 1. The number of likely N-dealkylation sites (N-methyl/N-ethyl adjacent to an activating group) is 1. The molecule has 0 saturated carbocycles. The van der Waals surface area contributed by atoms with Gasteiger partial charge in [0.2, 0.25) is 5.95 Å². The second kappa shape index (κ2) is 6.76. The molecule has 1 aliphatic rings. The lowest BCUT2D eigenvalue weighted by Gasteiger charge is -2.39. The molecule has 4 N–H and O–H groups in total. The van der Waals surface area contributed by atoms with Gasteiger partial charge in [0, 0.05) is 38.4 Å². The Morgan fingerprint density at radius 2 is 1.95 bits per heavy atom. The van der Waals surface area contributed by atoms with E-state index in [1.807, 2.05) is 7.05 Å². The molecule has 0 aliphatic carbocycles. The topological polar surface area (TPSA) is 86.1 Å². The first kappa shape index (κ1) is 14.8. The normalized spacial score (nSPS) is 17.6. The highest BCUT2D eigenvalue weighted by Crippen LogP contribution is 2.22. The maximum Gasteiger partial charge on any atom is 0.239 e. The van der Waals surface area contributed by atoms with Gasteiger partial charge in [-0.2, -0.15) is 4.98 Å². The van der Waals surface area contributed by atoms with Gasteiger partial charge in [-0.25, -0.2) is 0 Å². The fraction of sp³-hybridized carbons (Fsp3) is 0.467. The zero-order valence-electron chi connectivity index (χ0n) is 12.9. The molecule has 1 aromatic carbocycles. The van der Waals surface area contributed by atoms with Crippen LogP contribution in [0.2, 0.25) is 0 Å². The molecule has 118 valence electrons. The molecule has 2 aromatic rings. The minimum absolute atomic E-state index is 0.174. The molecular formula is C15H23N7. The number of hydrogen-bond donors (Lipinski definition) is 3. The standard InChI is InChI=1S/C15H23N7/c1-17-11-13(14-18-15(16)20-19-14)22-9-7-21(8-10-22)12-5-3-2-4-6-12/h2-6,13,17H,7-11H2,1H3,(H3,16,18,19,20). The summed E-state index contributed by atoms with van der Waals surface area (Å²) in [4.78, 5) is 9.14. The van der Waals surface area contributed by atoms with Crippen molar-refractivity contribution in [2.75, 3.05) is 50.4 Å². The van der Waals surface area contributed by atoms with E-state index in [-0.39, 0.29) is 6.04 Å². The summed E-state index contributed by atoms with van der Waals surface area (Å²) in [5, 5.41) is 10.1. The van der Waals surface area contributed by atoms with E-state index in [4.69, 9.17) is 5.73 Å². The third kappa shape index (κ3) is 3.20. The maximum atomic E-state index is 5.64. The number of piperazine rings is 1. The lowest BCUT2D eigenvalue weighted by atomic mass is 10.1. The highest BCUT2D eigenvalue weighted by molar-refractivity contribution is 5.46. The Bertz CT molecular complexity index is 575. The molecule has 7 nitrogen and oxygen atoms in total. The highest BCUT2D eigenvalue weighted by Gasteiger charge is 2.26. The molecule has 3 rings (SSSR count). The van der Waals surface area contributed by atoms with E-state index in [1.54, 1.807) is 0 Å². The smallest absolute Gasteiger partial charge is 0.239 e. The van der Waals surface area contributed by atoms with Crippen LogP contribution in [0.1, 0.15) is 11.9 Å². The van der Waals surface area contributed by atoms with Gasteiger partial charge in [-0.15, -0.1) is 5.10 Å². The Morgan fingerprint density at radius 3 is 2.55 bits per heavy atom. The number of hydrogen-bond acceptors (Lipinski definition) is 6. The number of nitrogens with zero attached hydrogens (tertiary/aromatic N) is 4. The van der Waals surface area contributed by atoms with Gasteiger partial charge in [0.25, 0.3) is 0 Å². The van der Waals surface area contributed by atoms with Crippen molar-refractivity contribution < 1.29 is 0 Å². The molecular weight excluding hydrogens is 278 g/mol. The molecule has 1 aliphatic heterocycles. The number of nitrogens with two attached hydrogens (primary N) is 1. The molecule has 0 amide bonds. The van der Waals surface area contributed by atoms with Crippen molar-refractivity contribution >= 4 is 11.6 Å². The van der Waals surface area contributed by atoms with Crippen molar-refractivity contribution in [1.29, 1.82) is 0 Å². The van der Waals surface area contributed by atoms with Gasteiger partial charge in [0.05, 0.1) is 6.04 Å². The number of nitrogens with one attached hydrogen (secondary N) is 2. The van der Waals surface area contributed by atoms with Crippen LogP contribution >= 0.6 is 0 Å². The molecule has 0 bridgehead atoms. The molecule has 22 heavy (non-hydrogen) atoms. The number of para-hydroxylation sites is 1. The van der Waals surface area contributed by atoms with E-state index < -0.39 is 0 Å². The van der Waals surface area contributed by atoms with E-state index in [1.165, 1.54) is 5.69 Å². The van der Waals surface area contributed by atoms with Crippen LogP contribution in [0.25, 0.3) is 0 Å². The average Bonchev–Trinajstić information content (AvgIpc) is 3.00. The summed E-state index contributed by atoms with van der Waals surface area (Å²) >= 11 is 0. The van der Waals surface area contributed by atoms with Crippen LogP contribution in [-0.4, -0.2) is 59.9 Å². The number of anilines is 2. The number of nitrogen functional groups attached to an aromatic ring is 1. The minimum Gasteiger partial charge on any atom is -0.369 e. The third-order valence-electron chi connectivity index (χ3n) is 4.11. The Labute approximate surface area is 130 Å². The molecule has 1 atom stereocenters. The lowest BCUT2D eigenvalue weighted by molar-refractivity contribution is 0.177. The summed E-state index contributed by atoms with van der Waals surface area (Å²) in [5.41, 5.74) is 6.93. The molecule has 0 radical (unpaired) electrons. The Kier molecular flexibility index (Phi) is 4.55. The van der Waals surface area contributed by atoms with E-state index in [0.717, 1.165) is 38.5 Å². The summed E-state index contributed by atoms with van der Waals surface area (Å²) in [7, 11) is 1.95. The molecule has 0 spiro atoms. The quantitative estimate of drug-likeness (QED) is 0.744. The zero-order chi connectivity index (χ0) is 15.4. The van der Waals surface area contributed by atoms with E-state index in [0.29, 0.717) is 5.95 Å². The van der Waals surface area contributed by atoms with Crippen LogP contribution < -0.4 is 16.0 Å². The van der Waals surface area contributed by atoms with Gasteiger partial charge in [0.15, 0.2) is 0 Å². The molecule has 1 unspecified atom stereocenters. The van der Waals surface area contributed by atoms with Crippen molar-refractivity contribution in [2.24, 2.45) is 0 Å². The van der Waals surface area contributed by atoms with Crippen LogP contribution in [-0.2, 0) is 0 Å². The monoisotopic (exact) mass is 301 g/mol. The second-order valence-electron chi connectivity index (χ2n) is 5.51. The Morgan fingerprint density at radius 1 is 1.23 bits per heavy atom. The minimum atomic E-state index is 0.174. The van der Waals surface area contributed by atoms with Crippen LogP contribution in [0.5, 0.6) is 0 Å². The van der Waals surface area contributed by atoms with Crippen LogP contribution in [0.3, 0.4) is 0 Å². The second-order valence-corrected chi connectivity index (χ2v) is 5.51. The summed E-state index contributed by atoms with van der Waals surface area (Å²) < 4.78 is 0. The number of rotatable bonds is 5. The fourth-order valence-corrected chi connectivity index (χ4v) is 2.96. The Balaban J connectivity index is 1.66. The number of aromatic nitrogens is 3. The van der Waals surface area contributed by atoms with Gasteiger partial charge < -0.3 is 16.0 Å². The van der Waals surface area contributed by atoms with E-state index >= 15 is 0 Å². The zero-order valence-corrected chi connectivity index (χ0v) is 12.9. The first-order chi connectivity index (χ1) is 10.8. The van der Waals surface area contributed by atoms with Gasteiger partial charge >= 0.3 is 0 Å². The van der Waals surface area contributed by atoms with Crippen LogP contribution in [0, 0.1) is 0 Å². The predicted octanol–water partition coefficient (Wildman–Crippen LogP) is 0.470. The third-order valence-corrected chi connectivity index (χ3v) is 4.11. The van der Waals surface area contributed by atoms with Crippen molar-refractivity contribution in [1.82, 2.24) is 25.4 Å². The SMILES string of the molecule is CNCC(c1nc(N)n[nH]1)N1CCN(c2ccccc2)CC1. The predicted molar refractivity (Wildman–Crippen MR) is 87.7 cm³/mol. The Hall–Kier alpha value is -2.12. The van der Waals surface area contributed by atoms with Crippen molar-refractivity contribution in [3.8, 4) is 0 Å². The van der Waals surface area contributed by atoms with E-state index in [9.17, 15) is 0 Å². The first-order valence-corrected chi connectivity index (χ1v) is 7.64. The van der Waals surface area contributed by atoms with Gasteiger partial charge in [0.1, 0.15) is 5.82 Å². The molecule has 1 aromatic heterocycles. The number of benzene rings is 1. The maximum absolute atomic E-state index is 5.64. The largest absolute Gasteiger partial charge is 0.369 e. The van der Waals surface area contributed by atoms with Gasteiger partial charge in [-0.3, -0.25) is 10.00 Å². The van der Waals surface area contributed by atoms with Crippen LogP contribution in [0.15, 0.2) is 30.3 Å². The van der Waals surface area contributed by atoms with Gasteiger partial charge in [-0.05, 0) is 19.2 Å². The molecule has 1 saturated heterocycles. The summed E-state index contributed by atoms with van der Waals surface area (Å²) in [5.74, 6) is 1.14. The van der Waals surface area contributed by atoms with E-state index in [2.05, 4.69) is 60.6 Å².